The van der Waals surface area contributed by atoms with Gasteiger partial charge in [0.15, 0.2) is 5.75 Å². The molecule has 0 unspecified atom stereocenters. The molecule has 4 rings (SSSR count). The normalized spacial score (nSPS) is 14.4. The number of nitrogens with one attached hydrogen (secondary N) is 1. The van der Waals surface area contributed by atoms with E-state index in [1.54, 1.807) is 12.1 Å². The number of hydrogen-bond donors (Lipinski definition) is 1. The number of halogens is 6. The number of rotatable bonds is 4. The summed E-state index contributed by atoms with van der Waals surface area (Å²) in [6.07, 6.45) is -3.04. The number of fused-ring (bicyclic) bond motifs is 1. The highest BCUT2D eigenvalue weighted by Crippen LogP contribution is 2.40. The van der Waals surface area contributed by atoms with E-state index in [1.807, 2.05) is 0 Å². The van der Waals surface area contributed by atoms with Crippen molar-refractivity contribution in [3.8, 4) is 5.75 Å². The zero-order valence-corrected chi connectivity index (χ0v) is 17.6. The first-order chi connectivity index (χ1) is 15.1. The fraction of sp³-hybridized carbons (Fsp3) is 0.0870. The second kappa shape index (κ2) is 8.48. The molecule has 1 heterocycles. The summed E-state index contributed by atoms with van der Waals surface area (Å²) >= 11 is 12.6. The van der Waals surface area contributed by atoms with Crippen molar-refractivity contribution in [1.29, 1.82) is 0 Å². The van der Waals surface area contributed by atoms with E-state index in [4.69, 9.17) is 27.9 Å². The maximum absolute atomic E-state index is 13.3. The first-order valence-corrected chi connectivity index (χ1v) is 9.98. The van der Waals surface area contributed by atoms with Gasteiger partial charge in [-0.1, -0.05) is 41.4 Å². The Kier molecular flexibility index (Phi) is 5.88. The molecule has 0 bridgehead atoms. The number of hydrogen-bond acceptors (Lipinski definition) is 2. The lowest BCUT2D eigenvalue weighted by molar-refractivity contribution is -0.137. The molecule has 1 aliphatic rings. The minimum atomic E-state index is -4.52. The van der Waals surface area contributed by atoms with Gasteiger partial charge in [-0.05, 0) is 53.6 Å². The molecular formula is C23H13Cl2F4NO2. The summed E-state index contributed by atoms with van der Waals surface area (Å²) in [4.78, 5) is 12.3. The number of ether oxygens (including phenoxy) is 1. The van der Waals surface area contributed by atoms with Gasteiger partial charge in [0.05, 0.1) is 15.6 Å². The van der Waals surface area contributed by atoms with Crippen molar-refractivity contribution in [1.82, 2.24) is 0 Å². The molecular weight excluding hydrogens is 469 g/mol. The summed E-state index contributed by atoms with van der Waals surface area (Å²) < 4.78 is 57.7. The predicted molar refractivity (Wildman–Crippen MR) is 115 cm³/mol. The van der Waals surface area contributed by atoms with Crippen LogP contribution in [0.3, 0.4) is 0 Å². The van der Waals surface area contributed by atoms with Crippen molar-refractivity contribution in [2.75, 3.05) is 5.32 Å². The molecule has 3 nitrogen and oxygen atoms in total. The van der Waals surface area contributed by atoms with E-state index in [-0.39, 0.29) is 33.7 Å². The van der Waals surface area contributed by atoms with Crippen molar-refractivity contribution in [2.45, 2.75) is 12.8 Å². The van der Waals surface area contributed by atoms with E-state index in [2.05, 4.69) is 5.32 Å². The van der Waals surface area contributed by atoms with Crippen molar-refractivity contribution >= 4 is 46.4 Å². The lowest BCUT2D eigenvalue weighted by Gasteiger charge is -2.11. The van der Waals surface area contributed by atoms with Gasteiger partial charge in [-0.2, -0.15) is 13.2 Å². The minimum Gasteiger partial charge on any atom is -0.486 e. The molecule has 0 fully saturated rings. The Bertz CT molecular complexity index is 1230. The Balaban J connectivity index is 1.61. The first-order valence-electron chi connectivity index (χ1n) is 9.23. The van der Waals surface area contributed by atoms with E-state index >= 15 is 0 Å². The molecule has 3 aromatic carbocycles. The summed E-state index contributed by atoms with van der Waals surface area (Å²) in [7, 11) is 0. The van der Waals surface area contributed by atoms with Crippen molar-refractivity contribution in [3.63, 3.8) is 0 Å². The Morgan fingerprint density at radius 1 is 1.00 bits per heavy atom. The fourth-order valence-electron chi connectivity index (χ4n) is 3.26. The Morgan fingerprint density at radius 2 is 1.72 bits per heavy atom. The molecule has 1 amide bonds. The van der Waals surface area contributed by atoms with Crippen LogP contribution in [0, 0.1) is 5.82 Å². The number of carbonyl (C=O) groups is 1. The third kappa shape index (κ3) is 4.59. The summed E-state index contributed by atoms with van der Waals surface area (Å²) in [6.45, 7) is 0.0367. The highest BCUT2D eigenvalue weighted by atomic mass is 35.5. The second-order valence-corrected chi connectivity index (χ2v) is 7.82. The standard InChI is InChI=1S/C23H13Cl2F4NO2/c24-18-8-13(9-19(25)21(18)32-11-12-2-1-3-15(26)6-12)7-17-16-5-4-14(23(27,28)29)10-20(16)30-22(17)31/h1-10H,11H2,(H,30,31)/b17-7-. The Hall–Kier alpha value is -3.03. The largest absolute Gasteiger partial charge is 0.486 e. The van der Waals surface area contributed by atoms with E-state index in [9.17, 15) is 22.4 Å². The van der Waals surface area contributed by atoms with Gasteiger partial charge < -0.3 is 10.1 Å². The minimum absolute atomic E-state index is 0.0367. The van der Waals surface area contributed by atoms with Gasteiger partial charge >= 0.3 is 6.18 Å². The molecule has 0 spiro atoms. The zero-order chi connectivity index (χ0) is 23.0. The highest BCUT2D eigenvalue weighted by Gasteiger charge is 2.33. The smallest absolute Gasteiger partial charge is 0.416 e. The zero-order valence-electron chi connectivity index (χ0n) is 16.1. The summed E-state index contributed by atoms with van der Waals surface area (Å²) in [5.41, 5.74) is 0.764. The van der Waals surface area contributed by atoms with Crippen LogP contribution in [0.1, 0.15) is 22.3 Å². The topological polar surface area (TPSA) is 38.3 Å². The molecule has 0 aromatic heterocycles. The number of carbonyl (C=O) groups excluding carboxylic acids is 1. The third-order valence-corrected chi connectivity index (χ3v) is 5.30. The maximum Gasteiger partial charge on any atom is 0.416 e. The molecule has 3 aromatic rings. The lowest BCUT2D eigenvalue weighted by Crippen LogP contribution is -2.06. The summed E-state index contributed by atoms with van der Waals surface area (Å²) in [5.74, 6) is -0.758. The predicted octanol–water partition coefficient (Wildman–Crippen LogP) is 7.22. The lowest BCUT2D eigenvalue weighted by atomic mass is 10.0. The average molecular weight is 482 g/mol. The summed E-state index contributed by atoms with van der Waals surface area (Å²) in [6, 6.07) is 11.9. The molecule has 1 aliphatic heterocycles. The van der Waals surface area contributed by atoms with Crippen LogP contribution in [-0.2, 0) is 17.6 Å². The molecule has 1 N–H and O–H groups in total. The van der Waals surface area contributed by atoms with Gasteiger partial charge in [0.25, 0.3) is 5.91 Å². The van der Waals surface area contributed by atoms with E-state index in [1.165, 1.54) is 36.4 Å². The number of alkyl halides is 3. The highest BCUT2D eigenvalue weighted by molar-refractivity contribution is 6.38. The SMILES string of the molecule is O=C1Nc2cc(C(F)(F)F)ccc2/C1=C/c1cc(Cl)c(OCc2cccc(F)c2)c(Cl)c1. The molecule has 0 saturated heterocycles. The van der Waals surface area contributed by atoms with E-state index in [0.29, 0.717) is 16.7 Å². The van der Waals surface area contributed by atoms with Crippen molar-refractivity contribution < 1.29 is 27.1 Å². The van der Waals surface area contributed by atoms with Crippen LogP contribution in [0.25, 0.3) is 11.6 Å². The second-order valence-electron chi connectivity index (χ2n) is 7.00. The van der Waals surface area contributed by atoms with Crippen LogP contribution >= 0.6 is 23.2 Å². The first kappa shape index (κ1) is 22.2. The average Bonchev–Trinajstić information content (AvgIpc) is 3.01. The summed E-state index contributed by atoms with van der Waals surface area (Å²) in [5, 5.41) is 2.75. The van der Waals surface area contributed by atoms with Crippen LogP contribution in [-0.4, -0.2) is 5.91 Å². The molecule has 32 heavy (non-hydrogen) atoms. The monoisotopic (exact) mass is 481 g/mol. The Morgan fingerprint density at radius 3 is 2.38 bits per heavy atom. The van der Waals surface area contributed by atoms with Gasteiger partial charge in [-0.25, -0.2) is 4.39 Å². The van der Waals surface area contributed by atoms with Crippen LogP contribution in [0.2, 0.25) is 10.0 Å². The Labute approximate surface area is 190 Å². The van der Waals surface area contributed by atoms with Crippen LogP contribution in [0.5, 0.6) is 5.75 Å². The van der Waals surface area contributed by atoms with Crippen LogP contribution in [0.4, 0.5) is 23.2 Å². The van der Waals surface area contributed by atoms with Crippen LogP contribution in [0.15, 0.2) is 54.6 Å². The van der Waals surface area contributed by atoms with Crippen LogP contribution < -0.4 is 10.1 Å². The molecule has 0 aliphatic carbocycles. The number of benzene rings is 3. The van der Waals surface area contributed by atoms with Gasteiger partial charge in [0.1, 0.15) is 12.4 Å². The van der Waals surface area contributed by atoms with Gasteiger partial charge in [-0.3, -0.25) is 4.79 Å². The van der Waals surface area contributed by atoms with Gasteiger partial charge in [0.2, 0.25) is 0 Å². The maximum atomic E-state index is 13.3. The third-order valence-electron chi connectivity index (χ3n) is 4.73. The number of amides is 1. The van der Waals surface area contributed by atoms with E-state index in [0.717, 1.165) is 12.1 Å². The van der Waals surface area contributed by atoms with Gasteiger partial charge in [0, 0.05) is 16.8 Å². The molecule has 0 radical (unpaired) electrons. The van der Waals surface area contributed by atoms with Crippen molar-refractivity contribution in [2.24, 2.45) is 0 Å². The van der Waals surface area contributed by atoms with E-state index < -0.39 is 23.5 Å². The van der Waals surface area contributed by atoms with Crippen molar-refractivity contribution in [3.05, 3.63) is 92.7 Å². The molecule has 0 atom stereocenters. The molecule has 0 saturated carbocycles. The quantitative estimate of drug-likeness (QED) is 0.315. The molecule has 9 heteroatoms. The fourth-order valence-corrected chi connectivity index (χ4v) is 3.88. The molecule has 164 valence electrons. The van der Waals surface area contributed by atoms with Gasteiger partial charge in [-0.15, -0.1) is 0 Å². The number of anilines is 1.